The molecule has 1 fully saturated rings. The molecule has 1 aromatic heterocycles. The predicted octanol–water partition coefficient (Wildman–Crippen LogP) is 1.85. The maximum atomic E-state index is 13.3. The smallest absolute Gasteiger partial charge is 0.352 e. The lowest BCUT2D eigenvalue weighted by molar-refractivity contribution is 0.0847. The van der Waals surface area contributed by atoms with E-state index >= 15 is 0 Å². The molecule has 6 nitrogen and oxygen atoms in total. The second-order valence-corrected chi connectivity index (χ2v) is 6.26. The highest BCUT2D eigenvalue weighted by Crippen LogP contribution is 2.28. The first-order chi connectivity index (χ1) is 12.5. The molecule has 2 aliphatic rings. The highest BCUT2D eigenvalue weighted by Gasteiger charge is 2.30. The molecule has 0 saturated carbocycles. The fraction of sp³-hybridized carbons (Fsp3) is 0.412. The van der Waals surface area contributed by atoms with Crippen molar-refractivity contribution in [2.45, 2.75) is 25.6 Å². The van der Waals surface area contributed by atoms with Crippen molar-refractivity contribution >= 4 is 5.82 Å². The van der Waals surface area contributed by atoms with Gasteiger partial charge in [-0.2, -0.15) is 4.98 Å². The number of hydrogen-bond acceptors (Lipinski definition) is 5. The molecular formula is C17H16F3N3O3. The molecule has 0 aliphatic carbocycles. The van der Waals surface area contributed by atoms with Gasteiger partial charge in [0.1, 0.15) is 12.4 Å². The van der Waals surface area contributed by atoms with Gasteiger partial charge in [0, 0.05) is 19.2 Å². The number of ether oxygens (including phenoxy) is 2. The van der Waals surface area contributed by atoms with E-state index in [9.17, 15) is 18.0 Å². The summed E-state index contributed by atoms with van der Waals surface area (Å²) in [7, 11) is 0. The lowest BCUT2D eigenvalue weighted by atomic mass is 10.1. The minimum atomic E-state index is -1.53. The number of halogens is 3. The Hall–Kier alpha value is -2.55. The van der Waals surface area contributed by atoms with Gasteiger partial charge in [-0.25, -0.2) is 18.0 Å². The Morgan fingerprint density at radius 1 is 1.19 bits per heavy atom. The van der Waals surface area contributed by atoms with Crippen LogP contribution in [0.25, 0.3) is 0 Å². The summed E-state index contributed by atoms with van der Waals surface area (Å²) in [6.45, 7) is 2.12. The van der Waals surface area contributed by atoms with Crippen LogP contribution < -0.4 is 15.3 Å². The van der Waals surface area contributed by atoms with Crippen molar-refractivity contribution in [2.24, 2.45) is 0 Å². The number of rotatable bonds is 3. The topological polar surface area (TPSA) is 56.6 Å². The third kappa shape index (κ3) is 3.03. The first kappa shape index (κ1) is 16.9. The molecule has 4 rings (SSSR count). The molecule has 1 saturated heterocycles. The largest absolute Gasteiger partial charge is 0.473 e. The van der Waals surface area contributed by atoms with Gasteiger partial charge in [-0.05, 0) is 24.1 Å². The number of fused-ring (bicyclic) bond motifs is 3. The van der Waals surface area contributed by atoms with Gasteiger partial charge in [-0.3, -0.25) is 4.57 Å². The van der Waals surface area contributed by atoms with Crippen LogP contribution in [0.2, 0.25) is 0 Å². The Balaban J connectivity index is 1.58. The van der Waals surface area contributed by atoms with Gasteiger partial charge in [-0.1, -0.05) is 0 Å². The van der Waals surface area contributed by atoms with Crippen molar-refractivity contribution in [1.29, 1.82) is 0 Å². The molecule has 3 heterocycles. The quantitative estimate of drug-likeness (QED) is 0.775. The van der Waals surface area contributed by atoms with Crippen molar-refractivity contribution in [1.82, 2.24) is 9.55 Å². The Bertz CT molecular complexity index is 880. The molecule has 0 unspecified atom stereocenters. The molecular weight excluding hydrogens is 351 g/mol. The minimum absolute atomic E-state index is 0.0542. The maximum absolute atomic E-state index is 13.3. The van der Waals surface area contributed by atoms with Crippen LogP contribution in [0, 0.1) is 17.5 Å². The monoisotopic (exact) mass is 367 g/mol. The Morgan fingerprint density at radius 3 is 2.73 bits per heavy atom. The summed E-state index contributed by atoms with van der Waals surface area (Å²) in [6, 6.07) is 3.53. The van der Waals surface area contributed by atoms with Crippen LogP contribution in [0.1, 0.15) is 12.0 Å². The number of aromatic nitrogens is 2. The molecule has 1 aromatic carbocycles. The van der Waals surface area contributed by atoms with Crippen LogP contribution in [0.3, 0.4) is 0 Å². The molecule has 2 aliphatic heterocycles. The standard InChI is InChI=1S/C17H16F3N3O3/c18-12-5-10(6-13(19)16(12)20)8-26-14-7-15-22-3-4-25-9-11(22)1-2-23(15)17(24)21-14/h5-7,11H,1-4,8-9H2/t11-/m1/s1. The van der Waals surface area contributed by atoms with Crippen LogP contribution in [0.4, 0.5) is 19.0 Å². The molecule has 0 amide bonds. The van der Waals surface area contributed by atoms with Crippen molar-refractivity contribution in [2.75, 3.05) is 24.7 Å². The van der Waals surface area contributed by atoms with Gasteiger partial charge >= 0.3 is 5.69 Å². The van der Waals surface area contributed by atoms with Crippen molar-refractivity contribution in [3.05, 3.63) is 51.7 Å². The minimum Gasteiger partial charge on any atom is -0.473 e. The number of hydrogen-bond donors (Lipinski definition) is 0. The van der Waals surface area contributed by atoms with Crippen molar-refractivity contribution in [3.8, 4) is 5.88 Å². The van der Waals surface area contributed by atoms with Gasteiger partial charge in [0.15, 0.2) is 17.5 Å². The molecule has 2 aromatic rings. The van der Waals surface area contributed by atoms with Gasteiger partial charge < -0.3 is 14.4 Å². The van der Waals surface area contributed by atoms with Crippen LogP contribution in [0.15, 0.2) is 23.0 Å². The molecule has 9 heteroatoms. The first-order valence-electron chi connectivity index (χ1n) is 8.25. The van der Waals surface area contributed by atoms with E-state index in [1.807, 2.05) is 0 Å². The number of benzene rings is 1. The van der Waals surface area contributed by atoms with E-state index in [1.54, 1.807) is 10.6 Å². The molecule has 0 N–H and O–H groups in total. The van der Waals surface area contributed by atoms with E-state index in [1.165, 1.54) is 0 Å². The van der Waals surface area contributed by atoms with Crippen molar-refractivity contribution < 1.29 is 22.6 Å². The third-order valence-electron chi connectivity index (χ3n) is 4.60. The fourth-order valence-electron chi connectivity index (χ4n) is 3.32. The summed E-state index contributed by atoms with van der Waals surface area (Å²) in [5, 5.41) is 0. The summed E-state index contributed by atoms with van der Waals surface area (Å²) in [5.41, 5.74) is -0.343. The molecule has 0 radical (unpaired) electrons. The average Bonchev–Trinajstić information content (AvgIpc) is 2.64. The van der Waals surface area contributed by atoms with E-state index in [4.69, 9.17) is 9.47 Å². The maximum Gasteiger partial charge on any atom is 0.352 e. The normalized spacial score (nSPS) is 19.0. The Labute approximate surface area is 146 Å². The van der Waals surface area contributed by atoms with Gasteiger partial charge in [0.05, 0.1) is 19.3 Å². The number of morpholine rings is 1. The second-order valence-electron chi connectivity index (χ2n) is 6.26. The molecule has 0 bridgehead atoms. The van der Waals surface area contributed by atoms with E-state index < -0.39 is 23.1 Å². The van der Waals surface area contributed by atoms with Gasteiger partial charge in [0.25, 0.3) is 0 Å². The first-order valence-corrected chi connectivity index (χ1v) is 8.25. The van der Waals surface area contributed by atoms with E-state index in [0.717, 1.165) is 18.6 Å². The molecule has 0 spiro atoms. The van der Waals surface area contributed by atoms with Gasteiger partial charge in [-0.15, -0.1) is 0 Å². The summed E-state index contributed by atoms with van der Waals surface area (Å²) in [5.74, 6) is -3.37. The highest BCUT2D eigenvalue weighted by atomic mass is 19.2. The summed E-state index contributed by atoms with van der Waals surface area (Å²) in [6.07, 6.45) is 0.795. The molecule has 138 valence electrons. The lowest BCUT2D eigenvalue weighted by Gasteiger charge is -2.41. The van der Waals surface area contributed by atoms with Crippen molar-refractivity contribution in [3.63, 3.8) is 0 Å². The summed E-state index contributed by atoms with van der Waals surface area (Å²) in [4.78, 5) is 18.2. The predicted molar refractivity (Wildman–Crippen MR) is 85.7 cm³/mol. The zero-order chi connectivity index (χ0) is 18.3. The van der Waals surface area contributed by atoms with Crippen LogP contribution >= 0.6 is 0 Å². The SMILES string of the molecule is O=c1nc(OCc2cc(F)c(F)c(F)c2)cc2n1CC[C@@H]1COCCN21. The van der Waals surface area contributed by atoms with E-state index in [2.05, 4.69) is 9.88 Å². The average molecular weight is 367 g/mol. The molecule has 26 heavy (non-hydrogen) atoms. The summed E-state index contributed by atoms with van der Waals surface area (Å²) >= 11 is 0. The lowest BCUT2D eigenvalue weighted by Crippen LogP contribution is -2.51. The van der Waals surface area contributed by atoms with E-state index in [-0.39, 0.29) is 24.1 Å². The van der Waals surface area contributed by atoms with Crippen LogP contribution in [0.5, 0.6) is 5.88 Å². The Morgan fingerprint density at radius 2 is 1.96 bits per heavy atom. The number of anilines is 1. The van der Waals surface area contributed by atoms with Gasteiger partial charge in [0.2, 0.25) is 5.88 Å². The third-order valence-corrected chi connectivity index (χ3v) is 4.60. The number of nitrogens with zero attached hydrogens (tertiary/aromatic N) is 3. The van der Waals surface area contributed by atoms with Crippen LogP contribution in [-0.2, 0) is 17.9 Å². The Kier molecular flexibility index (Phi) is 4.31. The highest BCUT2D eigenvalue weighted by molar-refractivity contribution is 5.45. The molecule has 1 atom stereocenters. The van der Waals surface area contributed by atoms with Crippen LogP contribution in [-0.4, -0.2) is 35.4 Å². The van der Waals surface area contributed by atoms with E-state index in [0.29, 0.717) is 32.1 Å². The second kappa shape index (κ2) is 6.64. The zero-order valence-corrected chi connectivity index (χ0v) is 13.8. The fourth-order valence-corrected chi connectivity index (χ4v) is 3.32. The summed E-state index contributed by atoms with van der Waals surface area (Å²) < 4.78 is 52.1. The zero-order valence-electron chi connectivity index (χ0n) is 13.8.